The Balaban J connectivity index is 1.53. The average Bonchev–Trinajstić information content (AvgIpc) is 2.61. The van der Waals surface area contributed by atoms with Crippen LogP contribution in [0.25, 0.3) is 0 Å². The summed E-state index contributed by atoms with van der Waals surface area (Å²) >= 11 is 0. The molecule has 3 nitrogen and oxygen atoms in total. The number of rotatable bonds is 3. The molecule has 1 fully saturated rings. The van der Waals surface area contributed by atoms with Crippen LogP contribution < -0.4 is 5.32 Å². The van der Waals surface area contributed by atoms with Gasteiger partial charge >= 0.3 is 6.03 Å². The standard InChI is InChI=1S/C19H19F3N2O/c20-15-6-4-13(5-7-15)12-14-8-10-24(11-9-14)19(25)23-18-16(21)2-1-3-17(18)22/h1-7,14H,8-12H2,(H,23,25). The predicted octanol–water partition coefficient (Wildman–Crippen LogP) is 4.59. The number of anilines is 1. The Morgan fingerprint density at radius 3 is 2.20 bits per heavy atom. The van der Waals surface area contributed by atoms with Crippen molar-refractivity contribution < 1.29 is 18.0 Å². The van der Waals surface area contributed by atoms with Gasteiger partial charge in [0.2, 0.25) is 0 Å². The van der Waals surface area contributed by atoms with Crippen molar-refractivity contribution in [3.8, 4) is 0 Å². The maximum absolute atomic E-state index is 13.6. The van der Waals surface area contributed by atoms with Gasteiger partial charge in [-0.2, -0.15) is 0 Å². The first-order valence-corrected chi connectivity index (χ1v) is 8.27. The van der Waals surface area contributed by atoms with Crippen molar-refractivity contribution in [1.82, 2.24) is 4.90 Å². The van der Waals surface area contributed by atoms with Crippen LogP contribution >= 0.6 is 0 Å². The molecule has 2 amide bonds. The lowest BCUT2D eigenvalue weighted by Crippen LogP contribution is -2.41. The number of nitrogens with zero attached hydrogens (tertiary/aromatic N) is 1. The Kier molecular flexibility index (Phi) is 5.26. The van der Waals surface area contributed by atoms with Crippen LogP contribution in [0.5, 0.6) is 0 Å². The zero-order chi connectivity index (χ0) is 17.8. The van der Waals surface area contributed by atoms with Crippen molar-refractivity contribution in [2.45, 2.75) is 19.3 Å². The smallest absolute Gasteiger partial charge is 0.322 e. The van der Waals surface area contributed by atoms with Gasteiger partial charge in [-0.1, -0.05) is 18.2 Å². The van der Waals surface area contributed by atoms with E-state index in [1.165, 1.54) is 18.2 Å². The first-order chi connectivity index (χ1) is 12.0. The van der Waals surface area contributed by atoms with Crippen LogP contribution in [0.15, 0.2) is 42.5 Å². The van der Waals surface area contributed by atoms with Gasteiger partial charge in [-0.15, -0.1) is 0 Å². The second kappa shape index (κ2) is 7.59. The summed E-state index contributed by atoms with van der Waals surface area (Å²) in [7, 11) is 0. The van der Waals surface area contributed by atoms with E-state index in [0.717, 1.165) is 37.0 Å². The Bertz CT molecular complexity index is 721. The highest BCUT2D eigenvalue weighted by atomic mass is 19.1. The molecule has 0 spiro atoms. The van der Waals surface area contributed by atoms with E-state index < -0.39 is 23.4 Å². The molecule has 1 N–H and O–H groups in total. The lowest BCUT2D eigenvalue weighted by Gasteiger charge is -2.32. The van der Waals surface area contributed by atoms with E-state index in [2.05, 4.69) is 5.32 Å². The van der Waals surface area contributed by atoms with E-state index in [1.54, 1.807) is 17.0 Å². The highest BCUT2D eigenvalue weighted by Gasteiger charge is 2.24. The molecule has 2 aromatic rings. The van der Waals surface area contributed by atoms with E-state index in [-0.39, 0.29) is 5.82 Å². The normalized spacial score (nSPS) is 15.2. The van der Waals surface area contributed by atoms with Gasteiger partial charge in [-0.05, 0) is 55.0 Å². The third-order valence-corrected chi connectivity index (χ3v) is 4.53. The zero-order valence-corrected chi connectivity index (χ0v) is 13.6. The van der Waals surface area contributed by atoms with E-state index in [0.29, 0.717) is 19.0 Å². The maximum atomic E-state index is 13.6. The number of amides is 2. The molecule has 0 atom stereocenters. The number of carbonyl (C=O) groups excluding carboxylic acids is 1. The van der Waals surface area contributed by atoms with Gasteiger partial charge in [0.25, 0.3) is 0 Å². The topological polar surface area (TPSA) is 32.3 Å². The van der Waals surface area contributed by atoms with Crippen molar-refractivity contribution in [3.63, 3.8) is 0 Å². The highest BCUT2D eigenvalue weighted by Crippen LogP contribution is 2.23. The van der Waals surface area contributed by atoms with Gasteiger partial charge in [0, 0.05) is 13.1 Å². The SMILES string of the molecule is O=C(Nc1c(F)cccc1F)N1CCC(Cc2ccc(F)cc2)CC1. The van der Waals surface area contributed by atoms with Crippen LogP contribution in [-0.2, 0) is 6.42 Å². The summed E-state index contributed by atoms with van der Waals surface area (Å²) in [6.07, 6.45) is 2.42. The quantitative estimate of drug-likeness (QED) is 0.864. The minimum atomic E-state index is -0.792. The Hall–Kier alpha value is -2.50. The van der Waals surface area contributed by atoms with Crippen molar-refractivity contribution in [3.05, 3.63) is 65.5 Å². The molecule has 0 aliphatic carbocycles. The zero-order valence-electron chi connectivity index (χ0n) is 13.6. The Morgan fingerprint density at radius 1 is 1.00 bits per heavy atom. The minimum Gasteiger partial charge on any atom is -0.325 e. The summed E-state index contributed by atoms with van der Waals surface area (Å²) in [5.74, 6) is -1.44. The van der Waals surface area contributed by atoms with Crippen molar-refractivity contribution in [1.29, 1.82) is 0 Å². The van der Waals surface area contributed by atoms with Crippen LogP contribution in [0.2, 0.25) is 0 Å². The number of carbonyl (C=O) groups is 1. The van der Waals surface area contributed by atoms with Crippen molar-refractivity contribution in [2.24, 2.45) is 5.92 Å². The van der Waals surface area contributed by atoms with Gasteiger partial charge in [-0.25, -0.2) is 18.0 Å². The van der Waals surface area contributed by atoms with Gasteiger partial charge in [0.05, 0.1) is 0 Å². The fourth-order valence-electron chi connectivity index (χ4n) is 3.10. The first kappa shape index (κ1) is 17.3. The van der Waals surface area contributed by atoms with Crippen LogP contribution in [0.3, 0.4) is 0 Å². The van der Waals surface area contributed by atoms with Crippen LogP contribution in [0.4, 0.5) is 23.7 Å². The Labute approximate surface area is 144 Å². The fraction of sp³-hybridized carbons (Fsp3) is 0.316. The monoisotopic (exact) mass is 348 g/mol. The highest BCUT2D eigenvalue weighted by molar-refractivity contribution is 5.89. The average molecular weight is 348 g/mol. The second-order valence-electron chi connectivity index (χ2n) is 6.29. The number of hydrogen-bond donors (Lipinski definition) is 1. The van der Waals surface area contributed by atoms with Crippen LogP contribution in [0, 0.1) is 23.4 Å². The van der Waals surface area contributed by atoms with E-state index >= 15 is 0 Å². The van der Waals surface area contributed by atoms with Crippen LogP contribution in [0.1, 0.15) is 18.4 Å². The van der Waals surface area contributed by atoms with E-state index in [1.807, 2.05) is 0 Å². The van der Waals surface area contributed by atoms with Crippen LogP contribution in [-0.4, -0.2) is 24.0 Å². The molecule has 1 saturated heterocycles. The third-order valence-electron chi connectivity index (χ3n) is 4.53. The molecule has 0 radical (unpaired) electrons. The molecule has 1 aliphatic heterocycles. The summed E-state index contributed by atoms with van der Waals surface area (Å²) in [4.78, 5) is 13.8. The summed E-state index contributed by atoms with van der Waals surface area (Å²) in [6, 6.07) is 9.40. The largest absolute Gasteiger partial charge is 0.325 e. The Morgan fingerprint density at radius 2 is 1.60 bits per heavy atom. The molecule has 1 heterocycles. The van der Waals surface area contributed by atoms with E-state index in [4.69, 9.17) is 0 Å². The molecule has 3 rings (SSSR count). The molecule has 0 unspecified atom stereocenters. The molecular formula is C19H19F3N2O. The molecule has 1 aliphatic rings. The number of piperidine rings is 1. The minimum absolute atomic E-state index is 0.254. The number of likely N-dealkylation sites (tertiary alicyclic amines) is 1. The van der Waals surface area contributed by atoms with Crippen molar-refractivity contribution >= 4 is 11.7 Å². The first-order valence-electron chi connectivity index (χ1n) is 8.27. The lowest BCUT2D eigenvalue weighted by atomic mass is 9.90. The molecule has 0 saturated carbocycles. The molecule has 25 heavy (non-hydrogen) atoms. The number of urea groups is 1. The van der Waals surface area contributed by atoms with Crippen molar-refractivity contribution in [2.75, 3.05) is 18.4 Å². The number of halogens is 3. The third kappa shape index (κ3) is 4.32. The maximum Gasteiger partial charge on any atom is 0.322 e. The molecule has 6 heteroatoms. The van der Waals surface area contributed by atoms with E-state index in [9.17, 15) is 18.0 Å². The molecule has 0 bridgehead atoms. The molecule has 132 valence electrons. The van der Waals surface area contributed by atoms with Gasteiger partial charge in [-0.3, -0.25) is 0 Å². The number of para-hydroxylation sites is 1. The second-order valence-corrected chi connectivity index (χ2v) is 6.29. The number of hydrogen-bond acceptors (Lipinski definition) is 1. The fourth-order valence-corrected chi connectivity index (χ4v) is 3.10. The van der Waals surface area contributed by atoms with Gasteiger partial charge in [0.1, 0.15) is 23.1 Å². The lowest BCUT2D eigenvalue weighted by molar-refractivity contribution is 0.182. The summed E-state index contributed by atoms with van der Waals surface area (Å²) in [6.45, 7) is 1.04. The summed E-state index contributed by atoms with van der Waals surface area (Å²) in [5, 5.41) is 2.31. The molecule has 2 aromatic carbocycles. The summed E-state index contributed by atoms with van der Waals surface area (Å²) < 4.78 is 40.2. The molecule has 0 aromatic heterocycles. The summed E-state index contributed by atoms with van der Waals surface area (Å²) in [5.41, 5.74) is 0.652. The molecular weight excluding hydrogens is 329 g/mol. The number of nitrogens with one attached hydrogen (secondary N) is 1. The number of benzene rings is 2. The van der Waals surface area contributed by atoms with Gasteiger partial charge < -0.3 is 10.2 Å². The van der Waals surface area contributed by atoms with Gasteiger partial charge in [0.15, 0.2) is 0 Å². The predicted molar refractivity (Wildman–Crippen MR) is 89.8 cm³/mol.